The predicted molar refractivity (Wildman–Crippen MR) is 72.1 cm³/mol. The summed E-state index contributed by atoms with van der Waals surface area (Å²) in [4.78, 5) is 21.9. The molecule has 0 aliphatic carbocycles. The lowest BCUT2D eigenvalue weighted by Gasteiger charge is -2.19. The smallest absolute Gasteiger partial charge is 0.407 e. The van der Waals surface area contributed by atoms with E-state index in [2.05, 4.69) is 8.85 Å². The number of ether oxygens (including phenoxy) is 1. The minimum atomic E-state index is -0.892. The van der Waals surface area contributed by atoms with Gasteiger partial charge < -0.3 is 15.2 Å². The second-order valence-corrected chi connectivity index (χ2v) is 5.19. The second kappa shape index (κ2) is 7.70. The number of hydrogen-bond donors (Lipinski definition) is 3. The average molecular weight is 358 g/mol. The second-order valence-electron chi connectivity index (χ2n) is 4.57. The third-order valence-corrected chi connectivity index (χ3v) is 2.52. The molecule has 3 N–H and O–H groups in total. The van der Waals surface area contributed by atoms with Crippen LogP contribution < -0.4 is 8.85 Å². The summed E-state index contributed by atoms with van der Waals surface area (Å²) in [6, 6.07) is -0.587. The first-order valence-electron chi connectivity index (χ1n) is 5.32. The van der Waals surface area contributed by atoms with Crippen molar-refractivity contribution in [3.63, 3.8) is 0 Å². The van der Waals surface area contributed by atoms with E-state index in [0.717, 1.165) is 0 Å². The Bertz CT molecular complexity index is 266. The fourth-order valence-electron chi connectivity index (χ4n) is 1.04. The number of alkyl carbamates (subject to hydrolysis) is 1. The lowest BCUT2D eigenvalue weighted by atomic mass is 10.2. The number of amides is 1. The van der Waals surface area contributed by atoms with E-state index in [0.29, 0.717) is 19.4 Å². The Kier molecular flexibility index (Phi) is 7.44. The molecule has 1 amide bonds. The minimum absolute atomic E-state index is 0.400. The van der Waals surface area contributed by atoms with Gasteiger partial charge in [0.1, 0.15) is 11.6 Å². The van der Waals surface area contributed by atoms with Gasteiger partial charge in [-0.15, -0.1) is 0 Å². The zero-order chi connectivity index (χ0) is 13.5. The van der Waals surface area contributed by atoms with Gasteiger partial charge in [0, 0.05) is 29.4 Å². The van der Waals surface area contributed by atoms with E-state index in [1.165, 1.54) is 0 Å². The Labute approximate surface area is 115 Å². The highest BCUT2D eigenvalue weighted by Gasteiger charge is 2.17. The van der Waals surface area contributed by atoms with Crippen molar-refractivity contribution in [2.45, 2.75) is 45.3 Å². The number of carboxylic acids is 1. The topological polar surface area (TPSA) is 87.7 Å². The van der Waals surface area contributed by atoms with E-state index in [1.807, 2.05) is 0 Å². The normalized spacial score (nSPS) is 12.9. The molecule has 1 atom stereocenters. The molecule has 0 heterocycles. The van der Waals surface area contributed by atoms with Gasteiger partial charge in [-0.05, 0) is 33.6 Å². The van der Waals surface area contributed by atoms with Crippen LogP contribution in [0.25, 0.3) is 0 Å². The Hall–Kier alpha value is -0.570. The van der Waals surface area contributed by atoms with Crippen LogP contribution in [-0.2, 0) is 9.53 Å². The van der Waals surface area contributed by atoms with Gasteiger partial charge in [-0.3, -0.25) is 4.79 Å². The minimum Gasteiger partial charge on any atom is -0.480 e. The van der Waals surface area contributed by atoms with Crippen molar-refractivity contribution in [1.29, 1.82) is 0 Å². The maximum absolute atomic E-state index is 11.2. The van der Waals surface area contributed by atoms with Gasteiger partial charge in [0.2, 0.25) is 0 Å². The van der Waals surface area contributed by atoms with Crippen molar-refractivity contribution in [1.82, 2.24) is 8.85 Å². The molecule has 17 heavy (non-hydrogen) atoms. The number of nitrogens with one attached hydrogen (secondary N) is 2. The van der Waals surface area contributed by atoms with Crippen LogP contribution in [0.3, 0.4) is 0 Å². The quantitative estimate of drug-likeness (QED) is 0.382. The van der Waals surface area contributed by atoms with Crippen molar-refractivity contribution in [2.24, 2.45) is 0 Å². The molecule has 0 aliphatic rings. The fourth-order valence-corrected chi connectivity index (χ4v) is 1.61. The van der Waals surface area contributed by atoms with Crippen LogP contribution in [0.1, 0.15) is 33.6 Å². The molecule has 0 rings (SSSR count). The average Bonchev–Trinajstić information content (AvgIpc) is 2.14. The van der Waals surface area contributed by atoms with E-state index in [4.69, 9.17) is 9.84 Å². The summed E-state index contributed by atoms with van der Waals surface area (Å²) in [6.07, 6.45) is 0.548. The number of aliphatic carboxylic acids is 1. The van der Waals surface area contributed by atoms with Crippen molar-refractivity contribution in [2.75, 3.05) is 6.54 Å². The van der Waals surface area contributed by atoms with E-state index < -0.39 is 23.7 Å². The fraction of sp³-hybridized carbons (Fsp3) is 0.800. The van der Waals surface area contributed by atoms with Gasteiger partial charge in [-0.2, -0.15) is 0 Å². The van der Waals surface area contributed by atoms with Crippen molar-refractivity contribution < 1.29 is 19.4 Å². The van der Waals surface area contributed by atoms with Crippen LogP contribution in [0.15, 0.2) is 0 Å². The van der Waals surface area contributed by atoms with Crippen molar-refractivity contribution >= 4 is 34.9 Å². The SMILES string of the molecule is CC(C)(C)OC(=O)NCCC[C@H](NI)C(=O)O. The summed E-state index contributed by atoms with van der Waals surface area (Å²) in [6.45, 7) is 5.75. The van der Waals surface area contributed by atoms with E-state index in [1.54, 1.807) is 43.6 Å². The first-order chi connectivity index (χ1) is 7.76. The summed E-state index contributed by atoms with van der Waals surface area (Å²) in [5, 5.41) is 11.3. The molecule has 7 heteroatoms. The first-order valence-corrected chi connectivity index (χ1v) is 6.40. The molecule has 0 bridgehead atoms. The lowest BCUT2D eigenvalue weighted by Crippen LogP contribution is -2.34. The molecular weight excluding hydrogens is 339 g/mol. The summed E-state index contributed by atoms with van der Waals surface area (Å²) in [7, 11) is 0. The van der Waals surface area contributed by atoms with Gasteiger partial charge >= 0.3 is 12.1 Å². The highest BCUT2D eigenvalue weighted by molar-refractivity contribution is 14.1. The zero-order valence-corrected chi connectivity index (χ0v) is 12.4. The van der Waals surface area contributed by atoms with Gasteiger partial charge in [0.25, 0.3) is 0 Å². The molecular formula is C10H19IN2O4. The maximum Gasteiger partial charge on any atom is 0.407 e. The van der Waals surface area contributed by atoms with Gasteiger partial charge in [-0.25, -0.2) is 8.32 Å². The standard InChI is InChI=1S/C10H19IN2O4/c1-10(2,3)17-9(16)12-6-4-5-7(13-11)8(14)15/h7,13H,4-6H2,1-3H3,(H,12,16)(H,14,15)/t7-/m0/s1. The van der Waals surface area contributed by atoms with Crippen LogP contribution >= 0.6 is 22.9 Å². The molecule has 0 saturated carbocycles. The van der Waals surface area contributed by atoms with E-state index in [9.17, 15) is 9.59 Å². The molecule has 0 aromatic heterocycles. The third kappa shape index (κ3) is 9.16. The molecule has 0 aromatic rings. The molecule has 0 unspecified atom stereocenters. The molecule has 100 valence electrons. The summed E-state index contributed by atoms with van der Waals surface area (Å²) in [5.74, 6) is -0.892. The third-order valence-electron chi connectivity index (χ3n) is 1.77. The number of rotatable bonds is 6. The zero-order valence-electron chi connectivity index (χ0n) is 10.2. The highest BCUT2D eigenvalue weighted by atomic mass is 127. The lowest BCUT2D eigenvalue weighted by molar-refractivity contribution is -0.138. The number of carbonyl (C=O) groups is 2. The van der Waals surface area contributed by atoms with Crippen LogP contribution in [0.5, 0.6) is 0 Å². The van der Waals surface area contributed by atoms with Crippen molar-refractivity contribution in [3.05, 3.63) is 0 Å². The number of halogens is 1. The number of hydrogen-bond acceptors (Lipinski definition) is 4. The molecule has 0 saturated heterocycles. The molecule has 0 spiro atoms. The van der Waals surface area contributed by atoms with E-state index >= 15 is 0 Å². The Morgan fingerprint density at radius 3 is 2.41 bits per heavy atom. The Balaban J connectivity index is 3.71. The first kappa shape index (κ1) is 16.4. The monoisotopic (exact) mass is 358 g/mol. The molecule has 0 aliphatic heterocycles. The Morgan fingerprint density at radius 1 is 1.41 bits per heavy atom. The molecule has 0 aromatic carbocycles. The maximum atomic E-state index is 11.2. The van der Waals surface area contributed by atoms with Crippen LogP contribution in [0.2, 0.25) is 0 Å². The number of carboxylic acid groups (broad SMARTS) is 1. The molecule has 6 nitrogen and oxygen atoms in total. The summed E-state index contributed by atoms with van der Waals surface area (Å²) < 4.78 is 7.69. The molecule has 0 fully saturated rings. The Morgan fingerprint density at radius 2 is 2.00 bits per heavy atom. The van der Waals surface area contributed by atoms with Gasteiger partial charge in [0.15, 0.2) is 0 Å². The van der Waals surface area contributed by atoms with E-state index in [-0.39, 0.29) is 0 Å². The van der Waals surface area contributed by atoms with Crippen LogP contribution in [0.4, 0.5) is 4.79 Å². The van der Waals surface area contributed by atoms with Crippen molar-refractivity contribution in [3.8, 4) is 0 Å². The predicted octanol–water partition coefficient (Wildman–Crippen LogP) is 1.68. The van der Waals surface area contributed by atoms with Crippen LogP contribution in [-0.4, -0.2) is 35.4 Å². The number of carbonyl (C=O) groups excluding carboxylic acids is 1. The van der Waals surface area contributed by atoms with Gasteiger partial charge in [0.05, 0.1) is 0 Å². The highest BCUT2D eigenvalue weighted by Crippen LogP contribution is 2.06. The van der Waals surface area contributed by atoms with Gasteiger partial charge in [-0.1, -0.05) is 0 Å². The molecule has 0 radical (unpaired) electrons. The summed E-state index contributed by atoms with van der Waals surface area (Å²) >= 11 is 1.80. The van der Waals surface area contributed by atoms with Crippen LogP contribution in [0, 0.1) is 0 Å². The largest absolute Gasteiger partial charge is 0.480 e. The summed E-state index contributed by atoms with van der Waals surface area (Å²) in [5.41, 5.74) is -0.516.